The molecule has 0 heterocycles. The first-order valence-electron chi connectivity index (χ1n) is 6.33. The van der Waals surface area contributed by atoms with E-state index in [0.717, 1.165) is 13.1 Å². The van der Waals surface area contributed by atoms with E-state index in [2.05, 4.69) is 11.9 Å². The molecular formula is C12H25N3O. The second kappa shape index (κ2) is 6.21. The molecule has 0 radical (unpaired) electrons. The zero-order chi connectivity index (χ0) is 12.1. The Morgan fingerprint density at radius 2 is 1.94 bits per heavy atom. The summed E-state index contributed by atoms with van der Waals surface area (Å²) in [5, 5.41) is 0. The van der Waals surface area contributed by atoms with Gasteiger partial charge in [0.25, 0.3) is 0 Å². The molecule has 94 valence electrons. The summed E-state index contributed by atoms with van der Waals surface area (Å²) in [5.74, 6) is 0.230. The van der Waals surface area contributed by atoms with Crippen LogP contribution < -0.4 is 5.73 Å². The first-order valence-corrected chi connectivity index (χ1v) is 6.33. The van der Waals surface area contributed by atoms with E-state index >= 15 is 0 Å². The molecule has 1 aliphatic carbocycles. The SMILES string of the molecule is CCN(CC)C(=O)CC(CN)N(C)C1CC1. The van der Waals surface area contributed by atoms with Gasteiger partial charge in [-0.1, -0.05) is 0 Å². The molecule has 0 saturated heterocycles. The number of nitrogens with two attached hydrogens (primary N) is 1. The van der Waals surface area contributed by atoms with Gasteiger partial charge in [-0.3, -0.25) is 9.69 Å². The molecule has 1 amide bonds. The van der Waals surface area contributed by atoms with Crippen LogP contribution in [0.2, 0.25) is 0 Å². The maximum absolute atomic E-state index is 12.0. The summed E-state index contributed by atoms with van der Waals surface area (Å²) in [6.45, 7) is 6.19. The molecule has 0 aliphatic heterocycles. The van der Waals surface area contributed by atoms with Gasteiger partial charge in [0.15, 0.2) is 0 Å². The predicted octanol–water partition coefficient (Wildman–Crippen LogP) is 0.666. The Balaban J connectivity index is 2.45. The molecule has 1 aliphatic rings. The van der Waals surface area contributed by atoms with Gasteiger partial charge >= 0.3 is 0 Å². The number of hydrogen-bond acceptors (Lipinski definition) is 3. The molecule has 1 atom stereocenters. The summed E-state index contributed by atoms with van der Waals surface area (Å²) < 4.78 is 0. The number of likely N-dealkylation sites (N-methyl/N-ethyl adjacent to an activating group) is 1. The van der Waals surface area contributed by atoms with E-state index in [-0.39, 0.29) is 11.9 Å². The average molecular weight is 227 g/mol. The topological polar surface area (TPSA) is 49.6 Å². The van der Waals surface area contributed by atoms with Gasteiger partial charge in [-0.15, -0.1) is 0 Å². The second-order valence-electron chi connectivity index (χ2n) is 4.56. The quantitative estimate of drug-likeness (QED) is 0.695. The number of rotatable bonds is 7. The van der Waals surface area contributed by atoms with E-state index in [1.807, 2.05) is 18.7 Å². The smallest absolute Gasteiger partial charge is 0.224 e. The Kier molecular flexibility index (Phi) is 5.22. The van der Waals surface area contributed by atoms with Crippen LogP contribution in [0.5, 0.6) is 0 Å². The van der Waals surface area contributed by atoms with Crippen molar-refractivity contribution < 1.29 is 4.79 Å². The van der Waals surface area contributed by atoms with Gasteiger partial charge in [0.1, 0.15) is 0 Å². The number of nitrogens with zero attached hydrogens (tertiary/aromatic N) is 2. The van der Waals surface area contributed by atoms with Crippen molar-refractivity contribution in [1.29, 1.82) is 0 Å². The standard InChI is InChI=1S/C12H25N3O/c1-4-15(5-2)12(16)8-11(9-13)14(3)10-6-7-10/h10-11H,4-9,13H2,1-3H3. The van der Waals surface area contributed by atoms with Crippen molar-refractivity contribution >= 4 is 5.91 Å². The van der Waals surface area contributed by atoms with Gasteiger partial charge in [0.2, 0.25) is 5.91 Å². The third-order valence-corrected chi connectivity index (χ3v) is 3.50. The van der Waals surface area contributed by atoms with E-state index in [4.69, 9.17) is 5.73 Å². The lowest BCUT2D eigenvalue weighted by atomic mass is 10.1. The zero-order valence-corrected chi connectivity index (χ0v) is 10.8. The maximum Gasteiger partial charge on any atom is 0.224 e. The highest BCUT2D eigenvalue weighted by atomic mass is 16.2. The van der Waals surface area contributed by atoms with Crippen molar-refractivity contribution in [2.45, 2.75) is 45.2 Å². The Bertz CT molecular complexity index is 224. The van der Waals surface area contributed by atoms with Crippen molar-refractivity contribution in [2.75, 3.05) is 26.7 Å². The summed E-state index contributed by atoms with van der Waals surface area (Å²) in [5.41, 5.74) is 5.76. The summed E-state index contributed by atoms with van der Waals surface area (Å²) in [6, 6.07) is 0.874. The fraction of sp³-hybridized carbons (Fsp3) is 0.917. The lowest BCUT2D eigenvalue weighted by Crippen LogP contribution is -2.44. The number of carbonyl (C=O) groups is 1. The van der Waals surface area contributed by atoms with E-state index in [0.29, 0.717) is 19.0 Å². The first-order chi connectivity index (χ1) is 7.63. The Hall–Kier alpha value is -0.610. The van der Waals surface area contributed by atoms with Crippen molar-refractivity contribution in [1.82, 2.24) is 9.80 Å². The van der Waals surface area contributed by atoms with Crippen LogP contribution in [0.1, 0.15) is 33.1 Å². The molecule has 0 aromatic heterocycles. The summed E-state index contributed by atoms with van der Waals surface area (Å²) in [7, 11) is 2.09. The third-order valence-electron chi connectivity index (χ3n) is 3.50. The highest BCUT2D eigenvalue weighted by Gasteiger charge is 2.31. The van der Waals surface area contributed by atoms with Crippen LogP contribution in [-0.2, 0) is 4.79 Å². The number of carbonyl (C=O) groups excluding carboxylic acids is 1. The highest BCUT2D eigenvalue weighted by Crippen LogP contribution is 2.27. The van der Waals surface area contributed by atoms with Crippen LogP contribution in [0, 0.1) is 0 Å². The molecule has 0 bridgehead atoms. The molecule has 1 fully saturated rings. The molecule has 16 heavy (non-hydrogen) atoms. The maximum atomic E-state index is 12.0. The molecule has 1 rings (SSSR count). The van der Waals surface area contributed by atoms with Crippen molar-refractivity contribution in [3.63, 3.8) is 0 Å². The van der Waals surface area contributed by atoms with Gasteiger partial charge in [-0.2, -0.15) is 0 Å². The van der Waals surface area contributed by atoms with Crippen LogP contribution in [0.3, 0.4) is 0 Å². The normalized spacial score (nSPS) is 17.6. The third kappa shape index (κ3) is 3.46. The molecule has 4 heteroatoms. The van der Waals surface area contributed by atoms with E-state index in [1.54, 1.807) is 0 Å². The minimum Gasteiger partial charge on any atom is -0.343 e. The van der Waals surface area contributed by atoms with Gasteiger partial charge in [-0.05, 0) is 33.7 Å². The van der Waals surface area contributed by atoms with Gasteiger partial charge in [-0.25, -0.2) is 0 Å². The molecule has 1 unspecified atom stereocenters. The lowest BCUT2D eigenvalue weighted by Gasteiger charge is -2.28. The zero-order valence-electron chi connectivity index (χ0n) is 10.8. The fourth-order valence-electron chi connectivity index (χ4n) is 2.08. The van der Waals surface area contributed by atoms with E-state index < -0.39 is 0 Å². The monoisotopic (exact) mass is 227 g/mol. The van der Waals surface area contributed by atoms with Crippen molar-refractivity contribution in [3.8, 4) is 0 Å². The predicted molar refractivity (Wildman–Crippen MR) is 66.2 cm³/mol. The van der Waals surface area contributed by atoms with Crippen LogP contribution in [0.25, 0.3) is 0 Å². The summed E-state index contributed by atoms with van der Waals surface area (Å²) in [6.07, 6.45) is 3.07. The first kappa shape index (κ1) is 13.5. The minimum absolute atomic E-state index is 0.209. The van der Waals surface area contributed by atoms with E-state index in [9.17, 15) is 4.79 Å². The van der Waals surface area contributed by atoms with Crippen LogP contribution >= 0.6 is 0 Å². The van der Waals surface area contributed by atoms with Crippen molar-refractivity contribution in [3.05, 3.63) is 0 Å². The lowest BCUT2D eigenvalue weighted by molar-refractivity contribution is -0.132. The fourth-order valence-corrected chi connectivity index (χ4v) is 2.08. The Labute approximate surface area is 98.8 Å². The molecular weight excluding hydrogens is 202 g/mol. The highest BCUT2D eigenvalue weighted by molar-refractivity contribution is 5.76. The largest absolute Gasteiger partial charge is 0.343 e. The molecule has 4 nitrogen and oxygen atoms in total. The van der Waals surface area contributed by atoms with Gasteiger partial charge < -0.3 is 10.6 Å². The Morgan fingerprint density at radius 1 is 1.38 bits per heavy atom. The molecule has 1 saturated carbocycles. The molecule has 2 N–H and O–H groups in total. The molecule has 0 aromatic carbocycles. The molecule has 0 spiro atoms. The Morgan fingerprint density at radius 3 is 2.31 bits per heavy atom. The van der Waals surface area contributed by atoms with Crippen LogP contribution in [0.4, 0.5) is 0 Å². The van der Waals surface area contributed by atoms with Crippen molar-refractivity contribution in [2.24, 2.45) is 5.73 Å². The van der Waals surface area contributed by atoms with Crippen LogP contribution in [0.15, 0.2) is 0 Å². The second-order valence-corrected chi connectivity index (χ2v) is 4.56. The van der Waals surface area contributed by atoms with Crippen LogP contribution in [-0.4, -0.2) is 54.5 Å². The number of amides is 1. The summed E-state index contributed by atoms with van der Waals surface area (Å²) in [4.78, 5) is 16.1. The van der Waals surface area contributed by atoms with Gasteiger partial charge in [0, 0.05) is 38.1 Å². The minimum atomic E-state index is 0.209. The molecule has 0 aromatic rings. The number of hydrogen-bond donors (Lipinski definition) is 1. The summed E-state index contributed by atoms with van der Waals surface area (Å²) >= 11 is 0. The van der Waals surface area contributed by atoms with Gasteiger partial charge in [0.05, 0.1) is 0 Å². The average Bonchev–Trinajstić information content (AvgIpc) is 3.10. The van der Waals surface area contributed by atoms with E-state index in [1.165, 1.54) is 12.8 Å².